The summed E-state index contributed by atoms with van der Waals surface area (Å²) in [5, 5.41) is 4.29. The largest absolute Gasteiger partial charge is 0.469 e. The Labute approximate surface area is 128 Å². The highest BCUT2D eigenvalue weighted by Gasteiger charge is 2.36. The van der Waals surface area contributed by atoms with E-state index < -0.39 is 5.92 Å². The van der Waals surface area contributed by atoms with Crippen molar-refractivity contribution in [3.05, 3.63) is 48.3 Å². The van der Waals surface area contributed by atoms with Crippen molar-refractivity contribution >= 4 is 17.6 Å². The molecule has 1 aromatic heterocycles. The highest BCUT2D eigenvalue weighted by molar-refractivity contribution is 5.99. The summed E-state index contributed by atoms with van der Waals surface area (Å²) >= 11 is 0. The average molecular weight is 299 g/mol. The van der Waals surface area contributed by atoms with Crippen LogP contribution in [0, 0.1) is 5.92 Å². The standard InChI is InChI=1S/C16H17N3O3/c1-22-16(21)13-7-15(20)19(10-13)14-8-17-18(11-14)9-12-5-3-2-4-6-12/h2-6,8,11,13H,7,9-10H2,1H3. The van der Waals surface area contributed by atoms with Crippen molar-refractivity contribution in [2.24, 2.45) is 5.92 Å². The van der Waals surface area contributed by atoms with E-state index in [4.69, 9.17) is 4.74 Å². The number of hydrogen-bond donors (Lipinski definition) is 0. The van der Waals surface area contributed by atoms with Crippen molar-refractivity contribution in [3.8, 4) is 0 Å². The van der Waals surface area contributed by atoms with Gasteiger partial charge in [0.25, 0.3) is 0 Å². The molecule has 0 aliphatic carbocycles. The number of benzene rings is 1. The number of ether oxygens (including phenoxy) is 1. The molecule has 2 aromatic rings. The van der Waals surface area contributed by atoms with E-state index in [0.29, 0.717) is 18.8 Å². The maximum atomic E-state index is 12.1. The summed E-state index contributed by atoms with van der Waals surface area (Å²) in [7, 11) is 1.34. The second kappa shape index (κ2) is 6.01. The van der Waals surface area contributed by atoms with Crippen LogP contribution in [-0.4, -0.2) is 35.3 Å². The molecule has 1 aromatic carbocycles. The van der Waals surface area contributed by atoms with Gasteiger partial charge in [-0.05, 0) is 5.56 Å². The number of hydrogen-bond acceptors (Lipinski definition) is 4. The lowest BCUT2D eigenvalue weighted by molar-refractivity contribution is -0.145. The molecule has 1 aliphatic heterocycles. The van der Waals surface area contributed by atoms with Gasteiger partial charge in [-0.3, -0.25) is 14.3 Å². The summed E-state index contributed by atoms with van der Waals surface area (Å²) in [6.07, 6.45) is 3.67. The van der Waals surface area contributed by atoms with Crippen molar-refractivity contribution in [2.45, 2.75) is 13.0 Å². The molecule has 1 unspecified atom stereocenters. The van der Waals surface area contributed by atoms with Gasteiger partial charge < -0.3 is 9.64 Å². The van der Waals surface area contributed by atoms with Crippen LogP contribution in [0.3, 0.4) is 0 Å². The number of carbonyl (C=O) groups excluding carboxylic acids is 2. The fourth-order valence-corrected chi connectivity index (χ4v) is 2.63. The van der Waals surface area contributed by atoms with Crippen LogP contribution < -0.4 is 4.90 Å². The Balaban J connectivity index is 1.71. The molecule has 114 valence electrons. The lowest BCUT2D eigenvalue weighted by Crippen LogP contribution is -2.25. The Morgan fingerprint density at radius 3 is 2.86 bits per heavy atom. The van der Waals surface area contributed by atoms with Gasteiger partial charge in [-0.15, -0.1) is 0 Å². The van der Waals surface area contributed by atoms with E-state index in [2.05, 4.69) is 5.10 Å². The van der Waals surface area contributed by atoms with Crippen molar-refractivity contribution in [1.82, 2.24) is 9.78 Å². The van der Waals surface area contributed by atoms with Gasteiger partial charge in [0, 0.05) is 19.2 Å². The minimum Gasteiger partial charge on any atom is -0.469 e. The molecule has 1 fully saturated rings. The zero-order valence-corrected chi connectivity index (χ0v) is 12.3. The number of anilines is 1. The molecule has 22 heavy (non-hydrogen) atoms. The summed E-state index contributed by atoms with van der Waals surface area (Å²) in [6, 6.07) is 9.97. The molecule has 0 bridgehead atoms. The van der Waals surface area contributed by atoms with Crippen LogP contribution in [0.25, 0.3) is 0 Å². The van der Waals surface area contributed by atoms with Gasteiger partial charge >= 0.3 is 5.97 Å². The first-order chi connectivity index (χ1) is 10.7. The monoisotopic (exact) mass is 299 g/mol. The van der Waals surface area contributed by atoms with Gasteiger partial charge in [0.15, 0.2) is 0 Å². The first kappa shape index (κ1) is 14.3. The number of methoxy groups -OCH3 is 1. The molecular weight excluding hydrogens is 282 g/mol. The number of rotatable bonds is 4. The highest BCUT2D eigenvalue weighted by atomic mass is 16.5. The average Bonchev–Trinajstić information content (AvgIpc) is 3.14. The smallest absolute Gasteiger partial charge is 0.311 e. The van der Waals surface area contributed by atoms with Crippen LogP contribution in [0.15, 0.2) is 42.7 Å². The zero-order chi connectivity index (χ0) is 15.5. The first-order valence-corrected chi connectivity index (χ1v) is 7.12. The predicted molar refractivity (Wildman–Crippen MR) is 80.2 cm³/mol. The molecule has 3 rings (SSSR count). The number of carbonyl (C=O) groups is 2. The Bertz CT molecular complexity index is 681. The van der Waals surface area contributed by atoms with Gasteiger partial charge in [0.05, 0.1) is 31.5 Å². The summed E-state index contributed by atoms with van der Waals surface area (Å²) in [5.41, 5.74) is 1.85. The molecule has 6 nitrogen and oxygen atoms in total. The van der Waals surface area contributed by atoms with E-state index in [0.717, 1.165) is 5.56 Å². The van der Waals surface area contributed by atoms with Crippen LogP contribution in [0.1, 0.15) is 12.0 Å². The number of amides is 1. The Hall–Kier alpha value is -2.63. The molecule has 1 amide bonds. The second-order valence-electron chi connectivity index (χ2n) is 5.31. The van der Waals surface area contributed by atoms with Crippen molar-refractivity contribution in [3.63, 3.8) is 0 Å². The molecule has 0 radical (unpaired) electrons. The van der Waals surface area contributed by atoms with Gasteiger partial charge in [-0.1, -0.05) is 30.3 Å². The third-order valence-corrected chi connectivity index (χ3v) is 3.78. The summed E-state index contributed by atoms with van der Waals surface area (Å²) in [6.45, 7) is 0.992. The molecule has 0 spiro atoms. The first-order valence-electron chi connectivity index (χ1n) is 7.12. The summed E-state index contributed by atoms with van der Waals surface area (Å²) < 4.78 is 6.49. The Kier molecular flexibility index (Phi) is 3.91. The van der Waals surface area contributed by atoms with E-state index in [1.165, 1.54) is 7.11 Å². The van der Waals surface area contributed by atoms with Crippen molar-refractivity contribution in [1.29, 1.82) is 0 Å². The summed E-state index contributed by atoms with van der Waals surface area (Å²) in [5.74, 6) is -0.808. The van der Waals surface area contributed by atoms with E-state index in [1.54, 1.807) is 15.8 Å². The fourth-order valence-electron chi connectivity index (χ4n) is 2.63. The van der Waals surface area contributed by atoms with Crippen LogP contribution in [0.2, 0.25) is 0 Å². The topological polar surface area (TPSA) is 64.4 Å². The second-order valence-corrected chi connectivity index (χ2v) is 5.31. The third-order valence-electron chi connectivity index (χ3n) is 3.78. The van der Waals surface area contributed by atoms with Gasteiger partial charge in [0.1, 0.15) is 0 Å². The fraction of sp³-hybridized carbons (Fsp3) is 0.312. The van der Waals surface area contributed by atoms with Crippen molar-refractivity contribution in [2.75, 3.05) is 18.6 Å². The van der Waals surface area contributed by atoms with Gasteiger partial charge in [0.2, 0.25) is 5.91 Å². The number of nitrogens with zero attached hydrogens (tertiary/aromatic N) is 3. The molecule has 0 N–H and O–H groups in total. The maximum absolute atomic E-state index is 12.1. The summed E-state index contributed by atoms with van der Waals surface area (Å²) in [4.78, 5) is 25.2. The Morgan fingerprint density at radius 2 is 2.14 bits per heavy atom. The molecule has 1 saturated heterocycles. The minimum absolute atomic E-state index is 0.0744. The predicted octanol–water partition coefficient (Wildman–Crippen LogP) is 1.46. The maximum Gasteiger partial charge on any atom is 0.311 e. The molecule has 0 saturated carbocycles. The zero-order valence-electron chi connectivity index (χ0n) is 12.3. The van der Waals surface area contributed by atoms with Crippen LogP contribution in [0.4, 0.5) is 5.69 Å². The van der Waals surface area contributed by atoms with Gasteiger partial charge in [-0.2, -0.15) is 5.10 Å². The number of aromatic nitrogens is 2. The quantitative estimate of drug-likeness (QED) is 0.802. The lowest BCUT2D eigenvalue weighted by atomic mass is 10.1. The molecular formula is C16H17N3O3. The highest BCUT2D eigenvalue weighted by Crippen LogP contribution is 2.25. The van der Waals surface area contributed by atoms with E-state index in [-0.39, 0.29) is 18.3 Å². The molecule has 1 atom stereocenters. The molecule has 6 heteroatoms. The minimum atomic E-state index is -0.394. The SMILES string of the molecule is COC(=O)C1CC(=O)N(c2cnn(Cc3ccccc3)c2)C1. The molecule has 2 heterocycles. The van der Waals surface area contributed by atoms with Gasteiger partial charge in [-0.25, -0.2) is 0 Å². The third kappa shape index (κ3) is 2.86. The van der Waals surface area contributed by atoms with Crippen LogP contribution in [-0.2, 0) is 20.9 Å². The van der Waals surface area contributed by atoms with E-state index in [9.17, 15) is 9.59 Å². The number of esters is 1. The Morgan fingerprint density at radius 1 is 1.36 bits per heavy atom. The molecule has 1 aliphatic rings. The lowest BCUT2D eigenvalue weighted by Gasteiger charge is -2.13. The normalized spacial score (nSPS) is 17.8. The van der Waals surface area contributed by atoms with Crippen LogP contribution in [0.5, 0.6) is 0 Å². The van der Waals surface area contributed by atoms with E-state index in [1.807, 2.05) is 36.5 Å². The van der Waals surface area contributed by atoms with Crippen molar-refractivity contribution < 1.29 is 14.3 Å². The van der Waals surface area contributed by atoms with Crippen LogP contribution >= 0.6 is 0 Å². The van der Waals surface area contributed by atoms with E-state index >= 15 is 0 Å².